The summed E-state index contributed by atoms with van der Waals surface area (Å²) < 4.78 is 2.20. The Morgan fingerprint density at radius 2 is 2.08 bits per heavy atom. The van der Waals surface area contributed by atoms with Gasteiger partial charge in [-0.25, -0.2) is 0 Å². The van der Waals surface area contributed by atoms with E-state index >= 15 is 0 Å². The van der Waals surface area contributed by atoms with Gasteiger partial charge in [0, 0.05) is 54.1 Å². The molecule has 3 heterocycles. The molecule has 26 heavy (non-hydrogen) atoms. The average molecular weight is 344 g/mol. The number of rotatable bonds is 3. The van der Waals surface area contributed by atoms with Crippen LogP contribution in [-0.4, -0.2) is 28.0 Å². The van der Waals surface area contributed by atoms with E-state index in [1.807, 2.05) is 18.3 Å². The van der Waals surface area contributed by atoms with Crippen molar-refractivity contribution in [3.8, 4) is 0 Å². The number of aryl methyl sites for hydroxylation is 1. The molecule has 0 atom stereocenters. The Morgan fingerprint density at radius 3 is 2.85 bits per heavy atom. The fourth-order valence-electron chi connectivity index (χ4n) is 3.64. The summed E-state index contributed by atoms with van der Waals surface area (Å²) in [7, 11) is 2.15. The molecule has 0 saturated carbocycles. The second-order valence-corrected chi connectivity index (χ2v) is 6.74. The van der Waals surface area contributed by atoms with Gasteiger partial charge in [0.2, 0.25) is 0 Å². The van der Waals surface area contributed by atoms with Crippen LogP contribution in [0.2, 0.25) is 0 Å². The third-order valence-electron chi connectivity index (χ3n) is 4.91. The second-order valence-electron chi connectivity index (χ2n) is 6.74. The molecule has 0 unspecified atom stereocenters. The van der Waals surface area contributed by atoms with Gasteiger partial charge in [-0.05, 0) is 54.9 Å². The smallest absolute Gasteiger partial charge is 0.0615 e. The second kappa shape index (κ2) is 6.67. The van der Waals surface area contributed by atoms with E-state index < -0.39 is 0 Å². The van der Waals surface area contributed by atoms with E-state index in [0.717, 1.165) is 30.6 Å². The number of pyridine rings is 1. The highest BCUT2D eigenvalue weighted by Gasteiger charge is 2.22. The first-order valence-corrected chi connectivity index (χ1v) is 8.65. The Balaban J connectivity index is 1.97. The molecule has 6 heteroatoms. The van der Waals surface area contributed by atoms with E-state index in [2.05, 4.69) is 56.6 Å². The summed E-state index contributed by atoms with van der Waals surface area (Å²) in [4.78, 5) is 9.42. The molecule has 0 fully saturated rings. The number of likely N-dealkylation sites (N-methyl/N-ethyl adjacent to an activating group) is 1. The van der Waals surface area contributed by atoms with Gasteiger partial charge in [0.25, 0.3) is 0 Å². The molecule has 0 radical (unpaired) electrons. The van der Waals surface area contributed by atoms with Crippen molar-refractivity contribution in [1.82, 2.24) is 14.5 Å². The molecule has 6 nitrogen and oxygen atoms in total. The van der Waals surface area contributed by atoms with Crippen LogP contribution in [0.15, 0.2) is 47.8 Å². The van der Waals surface area contributed by atoms with Crippen molar-refractivity contribution < 1.29 is 0 Å². The van der Waals surface area contributed by atoms with Crippen molar-refractivity contribution in [2.24, 2.45) is 5.11 Å². The van der Waals surface area contributed by atoms with E-state index in [1.165, 1.54) is 22.2 Å². The van der Waals surface area contributed by atoms with Crippen molar-refractivity contribution in [2.75, 3.05) is 13.6 Å². The molecule has 0 spiro atoms. The maximum Gasteiger partial charge on any atom is 0.0615 e. The Bertz CT molecular complexity index is 1040. The zero-order valence-corrected chi connectivity index (χ0v) is 14.9. The number of fused-ring (bicyclic) bond motifs is 3. The summed E-state index contributed by atoms with van der Waals surface area (Å²) in [6.07, 6.45) is 6.34. The van der Waals surface area contributed by atoms with Gasteiger partial charge in [0.1, 0.15) is 0 Å². The summed E-state index contributed by atoms with van der Waals surface area (Å²) in [6.45, 7) is 4.07. The van der Waals surface area contributed by atoms with Gasteiger partial charge < -0.3 is 9.47 Å². The van der Waals surface area contributed by atoms with Crippen molar-refractivity contribution in [1.29, 1.82) is 0 Å². The number of nitrogens with zero attached hydrogens (tertiary/aromatic N) is 6. The number of azide groups is 1. The molecule has 1 aromatic carbocycles. The van der Waals surface area contributed by atoms with Gasteiger partial charge in [-0.3, -0.25) is 4.98 Å². The molecule has 0 bridgehead atoms. The minimum Gasteiger partial charge on any atom is -0.319 e. The molecule has 1 aliphatic rings. The molecule has 0 amide bonds. The lowest BCUT2D eigenvalue weighted by atomic mass is 10.0. The van der Waals surface area contributed by atoms with Crippen molar-refractivity contribution in [2.45, 2.75) is 19.9 Å². The first kappa shape index (κ1) is 16.4. The van der Waals surface area contributed by atoms with E-state index in [4.69, 9.17) is 5.53 Å². The minimum atomic E-state index is 0.592. The molecule has 1 aliphatic heterocycles. The van der Waals surface area contributed by atoms with Crippen LogP contribution in [0.25, 0.3) is 33.2 Å². The number of benzene rings is 1. The Morgan fingerprint density at radius 1 is 1.27 bits per heavy atom. The van der Waals surface area contributed by atoms with Gasteiger partial charge >= 0.3 is 0 Å². The van der Waals surface area contributed by atoms with Crippen LogP contribution in [0.5, 0.6) is 0 Å². The monoisotopic (exact) mass is 344 g/mol. The first-order chi connectivity index (χ1) is 12.7. The minimum absolute atomic E-state index is 0.592. The van der Waals surface area contributed by atoms with Crippen LogP contribution in [0.3, 0.4) is 0 Å². The fraction of sp³-hybridized carbons (Fsp3) is 0.250. The summed E-state index contributed by atoms with van der Waals surface area (Å²) in [5.74, 6) is 0. The largest absolute Gasteiger partial charge is 0.319 e. The highest BCUT2D eigenvalue weighted by molar-refractivity contribution is 5.90. The SMILES string of the molecule is Cc1ccc2c(c1)c1c(n2/C=C(\N=[N+]=[N-])c2ccncc2)CCN(C)C1. The van der Waals surface area contributed by atoms with Gasteiger partial charge in [0.05, 0.1) is 11.2 Å². The zero-order valence-electron chi connectivity index (χ0n) is 14.9. The van der Waals surface area contributed by atoms with Crippen LogP contribution in [0.4, 0.5) is 0 Å². The third kappa shape index (κ3) is 2.86. The average Bonchev–Trinajstić information content (AvgIpc) is 2.94. The first-order valence-electron chi connectivity index (χ1n) is 8.65. The lowest BCUT2D eigenvalue weighted by Crippen LogP contribution is -2.26. The summed E-state index contributed by atoms with van der Waals surface area (Å²) in [5, 5.41) is 5.22. The predicted octanol–water partition coefficient (Wildman–Crippen LogP) is 4.60. The van der Waals surface area contributed by atoms with Crippen LogP contribution in [-0.2, 0) is 13.0 Å². The zero-order chi connectivity index (χ0) is 18.1. The molecule has 0 N–H and O–H groups in total. The molecular formula is C20H20N6. The standard InChI is InChI=1S/C20H20N6/c1-14-3-4-19-16(11-14)17-12-25(2)10-7-20(17)26(19)13-18(23-24-21)15-5-8-22-9-6-15/h3-6,8-9,11,13H,7,10,12H2,1-2H3/b18-13-. The molecule has 4 rings (SSSR count). The molecular weight excluding hydrogens is 324 g/mol. The van der Waals surface area contributed by atoms with E-state index in [-0.39, 0.29) is 0 Å². The summed E-state index contributed by atoms with van der Waals surface area (Å²) >= 11 is 0. The third-order valence-corrected chi connectivity index (χ3v) is 4.91. The topological polar surface area (TPSA) is 69.8 Å². The Labute approximate surface area is 152 Å². The van der Waals surface area contributed by atoms with E-state index in [0.29, 0.717) is 5.70 Å². The summed E-state index contributed by atoms with van der Waals surface area (Å²) in [6, 6.07) is 10.2. The fourth-order valence-corrected chi connectivity index (χ4v) is 3.64. The highest BCUT2D eigenvalue weighted by Crippen LogP contribution is 2.33. The molecule has 2 aromatic heterocycles. The van der Waals surface area contributed by atoms with Gasteiger partial charge in [0.15, 0.2) is 0 Å². The van der Waals surface area contributed by atoms with Gasteiger partial charge in [-0.15, -0.1) is 0 Å². The summed E-state index contributed by atoms with van der Waals surface area (Å²) in [5.41, 5.74) is 15.5. The highest BCUT2D eigenvalue weighted by atomic mass is 15.2. The normalized spacial score (nSPS) is 14.9. The van der Waals surface area contributed by atoms with Crippen molar-refractivity contribution >= 4 is 22.8 Å². The molecule has 0 saturated heterocycles. The lowest BCUT2D eigenvalue weighted by Gasteiger charge is -2.23. The van der Waals surface area contributed by atoms with Crippen molar-refractivity contribution in [3.63, 3.8) is 0 Å². The predicted molar refractivity (Wildman–Crippen MR) is 104 cm³/mol. The van der Waals surface area contributed by atoms with Crippen LogP contribution in [0, 0.1) is 6.92 Å². The number of hydrogen-bond acceptors (Lipinski definition) is 3. The van der Waals surface area contributed by atoms with E-state index in [9.17, 15) is 0 Å². The Kier molecular flexibility index (Phi) is 4.21. The quantitative estimate of drug-likeness (QED) is 0.396. The molecule has 0 aliphatic carbocycles. The number of hydrogen-bond donors (Lipinski definition) is 0. The van der Waals surface area contributed by atoms with Gasteiger partial charge in [-0.2, -0.15) is 0 Å². The molecule has 130 valence electrons. The van der Waals surface area contributed by atoms with Crippen LogP contribution >= 0.6 is 0 Å². The van der Waals surface area contributed by atoms with Crippen LogP contribution < -0.4 is 0 Å². The maximum absolute atomic E-state index is 9.04. The lowest BCUT2D eigenvalue weighted by molar-refractivity contribution is 0.312. The van der Waals surface area contributed by atoms with Crippen LogP contribution in [0.1, 0.15) is 22.4 Å². The maximum atomic E-state index is 9.04. The molecule has 3 aromatic rings. The van der Waals surface area contributed by atoms with E-state index in [1.54, 1.807) is 12.4 Å². The van der Waals surface area contributed by atoms with Gasteiger partial charge in [-0.1, -0.05) is 16.7 Å². The Hall–Kier alpha value is -3.08. The van der Waals surface area contributed by atoms with Crippen molar-refractivity contribution in [3.05, 3.63) is 75.6 Å². The number of aromatic nitrogens is 2.